The van der Waals surface area contributed by atoms with Crippen molar-refractivity contribution in [1.82, 2.24) is 9.97 Å². The largest absolute Gasteiger partial charge is 0.439 e. The van der Waals surface area contributed by atoms with E-state index in [0.717, 1.165) is 22.5 Å². The lowest BCUT2D eigenvalue weighted by atomic mass is 10.1. The van der Waals surface area contributed by atoms with E-state index in [1.165, 1.54) is 5.39 Å². The first-order valence-electron chi connectivity index (χ1n) is 7.15. The van der Waals surface area contributed by atoms with Crippen LogP contribution >= 0.6 is 0 Å². The second-order valence-electron chi connectivity index (χ2n) is 5.06. The molecule has 0 unspecified atom stereocenters. The fraction of sp³-hybridized carbons (Fsp3) is 0. The number of nitrogens with zero attached hydrogens (tertiary/aromatic N) is 1. The molecule has 0 fully saturated rings. The Labute approximate surface area is 128 Å². The Morgan fingerprint density at radius 1 is 0.818 bits per heavy atom. The fourth-order valence-electron chi connectivity index (χ4n) is 2.46. The lowest BCUT2D eigenvalue weighted by Gasteiger charge is -2.05. The monoisotopic (exact) mass is 286 g/mol. The van der Waals surface area contributed by atoms with Gasteiger partial charge in [0.25, 0.3) is 0 Å². The van der Waals surface area contributed by atoms with E-state index in [-0.39, 0.29) is 0 Å². The summed E-state index contributed by atoms with van der Waals surface area (Å²) in [7, 11) is 0. The number of aromatic amines is 1. The molecule has 0 saturated carbocycles. The van der Waals surface area contributed by atoms with Crippen molar-refractivity contribution in [2.75, 3.05) is 0 Å². The van der Waals surface area contributed by atoms with Crippen LogP contribution < -0.4 is 4.74 Å². The maximum atomic E-state index is 5.71. The average Bonchev–Trinajstić information content (AvgIpc) is 3.00. The van der Waals surface area contributed by atoms with E-state index in [1.807, 2.05) is 54.6 Å². The number of para-hydroxylation sites is 1. The van der Waals surface area contributed by atoms with Crippen LogP contribution in [0.25, 0.3) is 22.2 Å². The summed E-state index contributed by atoms with van der Waals surface area (Å²) in [4.78, 5) is 7.58. The van der Waals surface area contributed by atoms with E-state index in [9.17, 15) is 0 Å². The van der Waals surface area contributed by atoms with Crippen molar-refractivity contribution in [1.29, 1.82) is 0 Å². The Kier molecular flexibility index (Phi) is 3.09. The van der Waals surface area contributed by atoms with Gasteiger partial charge in [-0.15, -0.1) is 0 Å². The number of ether oxygens (including phenoxy) is 1. The third kappa shape index (κ3) is 2.44. The molecular formula is C19H14N2O. The molecular weight excluding hydrogens is 272 g/mol. The zero-order valence-electron chi connectivity index (χ0n) is 11.9. The number of fused-ring (bicyclic) bond motifs is 1. The average molecular weight is 286 g/mol. The Morgan fingerprint density at radius 2 is 1.64 bits per heavy atom. The van der Waals surface area contributed by atoms with Crippen LogP contribution in [0.15, 0.2) is 79.0 Å². The number of hydrogen-bond acceptors (Lipinski definition) is 2. The van der Waals surface area contributed by atoms with Crippen molar-refractivity contribution in [3.8, 4) is 22.9 Å². The van der Waals surface area contributed by atoms with Crippen LogP contribution in [0.4, 0.5) is 0 Å². The van der Waals surface area contributed by atoms with E-state index >= 15 is 0 Å². The normalized spacial score (nSPS) is 10.7. The minimum absolute atomic E-state index is 0.598. The van der Waals surface area contributed by atoms with Crippen molar-refractivity contribution >= 4 is 10.9 Å². The molecule has 106 valence electrons. The Morgan fingerprint density at radius 3 is 2.41 bits per heavy atom. The first-order valence-corrected chi connectivity index (χ1v) is 7.15. The van der Waals surface area contributed by atoms with Gasteiger partial charge in [-0.1, -0.05) is 24.3 Å². The topological polar surface area (TPSA) is 37.9 Å². The summed E-state index contributed by atoms with van der Waals surface area (Å²) in [6, 6.07) is 24.0. The summed E-state index contributed by atoms with van der Waals surface area (Å²) in [5.41, 5.74) is 3.38. The van der Waals surface area contributed by atoms with Crippen molar-refractivity contribution < 1.29 is 4.74 Å². The summed E-state index contributed by atoms with van der Waals surface area (Å²) >= 11 is 0. The van der Waals surface area contributed by atoms with Gasteiger partial charge in [-0.2, -0.15) is 0 Å². The number of pyridine rings is 1. The van der Waals surface area contributed by atoms with Gasteiger partial charge in [0, 0.05) is 28.9 Å². The van der Waals surface area contributed by atoms with Crippen molar-refractivity contribution in [3.63, 3.8) is 0 Å². The number of nitrogens with one attached hydrogen (secondary N) is 1. The van der Waals surface area contributed by atoms with E-state index in [0.29, 0.717) is 5.88 Å². The highest BCUT2D eigenvalue weighted by atomic mass is 16.5. The molecule has 3 heteroatoms. The smallest absolute Gasteiger partial charge is 0.219 e. The summed E-state index contributed by atoms with van der Waals surface area (Å²) in [5.74, 6) is 1.37. The molecule has 4 rings (SSSR count). The van der Waals surface area contributed by atoms with Gasteiger partial charge in [0.05, 0.1) is 0 Å². The second-order valence-corrected chi connectivity index (χ2v) is 5.06. The summed E-state index contributed by atoms with van der Waals surface area (Å²) in [6.45, 7) is 0. The lowest BCUT2D eigenvalue weighted by Crippen LogP contribution is -1.86. The predicted molar refractivity (Wildman–Crippen MR) is 88.0 cm³/mol. The third-order valence-corrected chi connectivity index (χ3v) is 3.56. The zero-order chi connectivity index (χ0) is 14.8. The maximum Gasteiger partial charge on any atom is 0.219 e. The van der Waals surface area contributed by atoms with E-state index < -0.39 is 0 Å². The highest BCUT2D eigenvalue weighted by Gasteiger charge is 2.04. The molecule has 1 N–H and O–H groups in total. The molecule has 0 atom stereocenters. The molecule has 0 aliphatic rings. The molecule has 22 heavy (non-hydrogen) atoms. The van der Waals surface area contributed by atoms with Crippen molar-refractivity contribution in [2.24, 2.45) is 0 Å². The van der Waals surface area contributed by atoms with E-state index in [1.54, 1.807) is 6.20 Å². The molecule has 0 aliphatic carbocycles. The minimum Gasteiger partial charge on any atom is -0.439 e. The molecule has 2 heterocycles. The first-order chi connectivity index (χ1) is 10.9. The van der Waals surface area contributed by atoms with Crippen LogP contribution in [0.3, 0.4) is 0 Å². The Hall–Kier alpha value is -3.07. The van der Waals surface area contributed by atoms with Gasteiger partial charge in [-0.3, -0.25) is 0 Å². The van der Waals surface area contributed by atoms with E-state index in [4.69, 9.17) is 4.74 Å². The van der Waals surface area contributed by atoms with Crippen LogP contribution in [-0.4, -0.2) is 9.97 Å². The molecule has 2 aromatic heterocycles. The summed E-state index contributed by atoms with van der Waals surface area (Å²) in [5, 5.41) is 1.21. The van der Waals surface area contributed by atoms with E-state index in [2.05, 4.69) is 28.2 Å². The molecule has 4 aromatic rings. The third-order valence-electron chi connectivity index (χ3n) is 3.56. The van der Waals surface area contributed by atoms with Crippen LogP contribution in [0, 0.1) is 0 Å². The van der Waals surface area contributed by atoms with Gasteiger partial charge < -0.3 is 9.72 Å². The van der Waals surface area contributed by atoms with Crippen LogP contribution in [0.2, 0.25) is 0 Å². The van der Waals surface area contributed by atoms with Crippen molar-refractivity contribution in [2.45, 2.75) is 0 Å². The predicted octanol–water partition coefficient (Wildman–Crippen LogP) is 5.02. The summed E-state index contributed by atoms with van der Waals surface area (Å²) < 4.78 is 5.71. The Bertz CT molecular complexity index is 863. The quantitative estimate of drug-likeness (QED) is 0.574. The molecule has 0 radical (unpaired) electrons. The SMILES string of the molecule is c1ccc(Oc2ccc(-c3cc4ccccc4[nH]3)cc2)nc1. The van der Waals surface area contributed by atoms with Crippen LogP contribution in [-0.2, 0) is 0 Å². The van der Waals surface area contributed by atoms with Crippen LogP contribution in [0.1, 0.15) is 0 Å². The van der Waals surface area contributed by atoms with Gasteiger partial charge in [-0.25, -0.2) is 4.98 Å². The van der Waals surface area contributed by atoms with Crippen LogP contribution in [0.5, 0.6) is 11.6 Å². The molecule has 0 bridgehead atoms. The fourth-order valence-corrected chi connectivity index (χ4v) is 2.46. The number of benzene rings is 2. The molecule has 0 saturated heterocycles. The highest BCUT2D eigenvalue weighted by Crippen LogP contribution is 2.27. The second kappa shape index (κ2) is 5.37. The maximum absolute atomic E-state index is 5.71. The van der Waals surface area contributed by atoms with Gasteiger partial charge in [0.2, 0.25) is 5.88 Å². The van der Waals surface area contributed by atoms with Gasteiger partial charge >= 0.3 is 0 Å². The minimum atomic E-state index is 0.598. The van der Waals surface area contributed by atoms with Gasteiger partial charge in [-0.05, 0) is 48.0 Å². The number of hydrogen-bond donors (Lipinski definition) is 1. The van der Waals surface area contributed by atoms with Gasteiger partial charge in [0.15, 0.2) is 0 Å². The lowest BCUT2D eigenvalue weighted by molar-refractivity contribution is 0.463. The molecule has 0 amide bonds. The zero-order valence-corrected chi connectivity index (χ0v) is 11.9. The standard InChI is InChI=1S/C19H14N2O/c1-2-6-17-15(5-1)13-18(21-17)14-8-10-16(11-9-14)22-19-7-3-4-12-20-19/h1-13,21H. The van der Waals surface area contributed by atoms with Crippen molar-refractivity contribution in [3.05, 3.63) is 79.0 Å². The summed E-state index contributed by atoms with van der Waals surface area (Å²) in [6.07, 6.45) is 1.72. The number of H-pyrrole nitrogens is 1. The number of aromatic nitrogens is 2. The highest BCUT2D eigenvalue weighted by molar-refractivity contribution is 5.85. The number of rotatable bonds is 3. The molecule has 3 nitrogen and oxygen atoms in total. The van der Waals surface area contributed by atoms with Gasteiger partial charge in [0.1, 0.15) is 5.75 Å². The Balaban J connectivity index is 1.61. The molecule has 2 aromatic carbocycles. The molecule has 0 aliphatic heterocycles. The molecule has 0 spiro atoms. The first kappa shape index (κ1) is 12.7.